The Morgan fingerprint density at radius 2 is 1.67 bits per heavy atom. The summed E-state index contributed by atoms with van der Waals surface area (Å²) in [5.74, 6) is -0.247. The van der Waals surface area contributed by atoms with Crippen molar-refractivity contribution in [1.82, 2.24) is 0 Å². The summed E-state index contributed by atoms with van der Waals surface area (Å²) < 4.78 is 10.5. The minimum atomic E-state index is -2.07. The minimum absolute atomic E-state index is 0.201. The number of ketones is 1. The first-order chi connectivity index (χ1) is 15.8. The maximum absolute atomic E-state index is 13.5. The van der Waals surface area contributed by atoms with Crippen molar-refractivity contribution in [3.63, 3.8) is 0 Å². The zero-order chi connectivity index (χ0) is 23.8. The number of nitrogens with zero attached hydrogens (tertiary/aromatic N) is 1. The number of hydrogen-bond acceptors (Lipinski definition) is 5. The highest BCUT2D eigenvalue weighted by molar-refractivity contribution is 6.31. The second-order valence-electron chi connectivity index (χ2n) is 7.71. The van der Waals surface area contributed by atoms with Crippen molar-refractivity contribution in [2.24, 2.45) is 0 Å². The van der Waals surface area contributed by atoms with Crippen LogP contribution in [0.5, 0.6) is 11.5 Å². The standard InChI is InChI=1S/C25H21Cl2NO5/c1-32-18-8-9-19(23(12-18)33-2)22(29)13-25(31)20-11-17(27)7-10-21(20)28(24(25)30)14-15-3-5-16(26)6-4-15/h3-12,31H,13-14H2,1-2H3/t25-/m0/s1. The molecule has 1 heterocycles. The monoisotopic (exact) mass is 485 g/mol. The Kier molecular flexibility index (Phi) is 6.34. The maximum Gasteiger partial charge on any atom is 0.264 e. The third kappa shape index (κ3) is 4.29. The zero-order valence-electron chi connectivity index (χ0n) is 18.0. The lowest BCUT2D eigenvalue weighted by Gasteiger charge is -2.23. The third-order valence-corrected chi connectivity index (χ3v) is 6.16. The predicted molar refractivity (Wildman–Crippen MR) is 126 cm³/mol. The van der Waals surface area contributed by atoms with Crippen LogP contribution < -0.4 is 14.4 Å². The molecule has 0 aromatic heterocycles. The Hall–Kier alpha value is -3.06. The number of aliphatic hydroxyl groups is 1. The fourth-order valence-electron chi connectivity index (χ4n) is 3.98. The molecule has 0 bridgehead atoms. The number of carbonyl (C=O) groups is 2. The summed E-state index contributed by atoms with van der Waals surface area (Å²) in [6.07, 6.45) is -0.473. The molecule has 170 valence electrons. The molecule has 4 rings (SSSR count). The van der Waals surface area contributed by atoms with Gasteiger partial charge in [0.05, 0.1) is 38.4 Å². The normalized spacial score (nSPS) is 17.1. The lowest BCUT2D eigenvalue weighted by Crippen LogP contribution is -2.41. The van der Waals surface area contributed by atoms with Gasteiger partial charge in [-0.15, -0.1) is 0 Å². The molecule has 1 atom stereocenters. The van der Waals surface area contributed by atoms with E-state index in [9.17, 15) is 14.7 Å². The summed E-state index contributed by atoms with van der Waals surface area (Å²) in [4.78, 5) is 28.2. The van der Waals surface area contributed by atoms with Gasteiger partial charge >= 0.3 is 0 Å². The minimum Gasteiger partial charge on any atom is -0.497 e. The number of rotatable bonds is 7. The van der Waals surface area contributed by atoms with Crippen LogP contribution in [0.15, 0.2) is 60.7 Å². The second-order valence-corrected chi connectivity index (χ2v) is 8.58. The summed E-state index contributed by atoms with van der Waals surface area (Å²) >= 11 is 12.2. The van der Waals surface area contributed by atoms with E-state index in [1.807, 2.05) is 0 Å². The first-order valence-corrected chi connectivity index (χ1v) is 10.9. The molecule has 8 heteroatoms. The van der Waals surface area contributed by atoms with E-state index in [0.717, 1.165) is 5.56 Å². The lowest BCUT2D eigenvalue weighted by atomic mass is 9.88. The molecular formula is C25H21Cl2NO5. The summed E-state index contributed by atoms with van der Waals surface area (Å²) in [6, 6.07) is 16.6. The van der Waals surface area contributed by atoms with E-state index in [1.165, 1.54) is 25.2 Å². The Morgan fingerprint density at radius 1 is 0.970 bits per heavy atom. The third-order valence-electron chi connectivity index (χ3n) is 5.67. The van der Waals surface area contributed by atoms with Crippen molar-refractivity contribution >= 4 is 40.6 Å². The number of hydrogen-bond donors (Lipinski definition) is 1. The lowest BCUT2D eigenvalue weighted by molar-refractivity contribution is -0.136. The smallest absolute Gasteiger partial charge is 0.264 e. The quantitative estimate of drug-likeness (QED) is 0.475. The molecule has 3 aromatic carbocycles. The molecule has 0 radical (unpaired) electrons. The van der Waals surface area contributed by atoms with Crippen molar-refractivity contribution in [2.75, 3.05) is 19.1 Å². The van der Waals surface area contributed by atoms with E-state index >= 15 is 0 Å². The van der Waals surface area contributed by atoms with Crippen molar-refractivity contribution in [3.05, 3.63) is 87.4 Å². The first-order valence-electron chi connectivity index (χ1n) is 10.1. The van der Waals surface area contributed by atoms with Crippen LogP contribution in [0, 0.1) is 0 Å². The van der Waals surface area contributed by atoms with Gasteiger partial charge in [0.15, 0.2) is 11.4 Å². The summed E-state index contributed by atoms with van der Waals surface area (Å²) in [6.45, 7) is 0.201. The van der Waals surface area contributed by atoms with Crippen LogP contribution in [-0.4, -0.2) is 31.0 Å². The molecule has 0 fully saturated rings. The largest absolute Gasteiger partial charge is 0.497 e. The molecule has 33 heavy (non-hydrogen) atoms. The highest BCUT2D eigenvalue weighted by atomic mass is 35.5. The van der Waals surface area contributed by atoms with Gasteiger partial charge in [-0.25, -0.2) is 0 Å². The fraction of sp³-hybridized carbons (Fsp3) is 0.200. The number of anilines is 1. The molecule has 0 spiro atoms. The zero-order valence-corrected chi connectivity index (χ0v) is 19.5. The van der Waals surface area contributed by atoms with E-state index in [1.54, 1.807) is 54.6 Å². The van der Waals surface area contributed by atoms with Crippen molar-refractivity contribution in [1.29, 1.82) is 0 Å². The van der Waals surface area contributed by atoms with Crippen LogP contribution in [0.25, 0.3) is 0 Å². The average molecular weight is 486 g/mol. The average Bonchev–Trinajstić information content (AvgIpc) is 3.01. The number of Topliss-reactive ketones (excluding diaryl/α,β-unsaturated/α-hetero) is 1. The van der Waals surface area contributed by atoms with E-state index in [2.05, 4.69) is 0 Å². The molecule has 0 saturated heterocycles. The van der Waals surface area contributed by atoms with Gasteiger partial charge in [-0.05, 0) is 48.0 Å². The maximum atomic E-state index is 13.5. The molecular weight excluding hydrogens is 465 g/mol. The Labute approximate surface area is 201 Å². The van der Waals surface area contributed by atoms with E-state index in [0.29, 0.717) is 21.5 Å². The Balaban J connectivity index is 1.70. The van der Waals surface area contributed by atoms with Crippen LogP contribution in [-0.2, 0) is 16.9 Å². The van der Waals surface area contributed by atoms with Crippen LogP contribution in [0.4, 0.5) is 5.69 Å². The molecule has 0 unspecified atom stereocenters. The number of fused-ring (bicyclic) bond motifs is 1. The van der Waals surface area contributed by atoms with Gasteiger partial charge < -0.3 is 19.5 Å². The molecule has 1 N–H and O–H groups in total. The summed E-state index contributed by atoms with van der Waals surface area (Å²) in [5, 5.41) is 12.5. The van der Waals surface area contributed by atoms with Crippen molar-refractivity contribution in [2.45, 2.75) is 18.6 Å². The molecule has 0 saturated carbocycles. The number of amides is 1. The molecule has 1 amide bonds. The van der Waals surface area contributed by atoms with Crippen molar-refractivity contribution < 1.29 is 24.2 Å². The van der Waals surface area contributed by atoms with Gasteiger partial charge in [0.25, 0.3) is 5.91 Å². The number of methoxy groups -OCH3 is 2. The van der Waals surface area contributed by atoms with Crippen LogP contribution >= 0.6 is 23.2 Å². The Bertz CT molecular complexity index is 1230. The molecule has 1 aliphatic rings. The highest BCUT2D eigenvalue weighted by Crippen LogP contribution is 2.45. The molecule has 0 aliphatic carbocycles. The Morgan fingerprint density at radius 3 is 2.33 bits per heavy atom. The van der Waals surface area contributed by atoms with Gasteiger partial charge in [0, 0.05) is 21.7 Å². The van der Waals surface area contributed by atoms with E-state index in [4.69, 9.17) is 32.7 Å². The number of ether oxygens (including phenoxy) is 2. The van der Waals surface area contributed by atoms with Crippen molar-refractivity contribution in [3.8, 4) is 11.5 Å². The molecule has 1 aliphatic heterocycles. The molecule has 6 nitrogen and oxygen atoms in total. The summed E-state index contributed by atoms with van der Waals surface area (Å²) in [5.41, 5.74) is -0.235. The van der Waals surface area contributed by atoms with Gasteiger partial charge in [-0.3, -0.25) is 9.59 Å². The number of halogens is 2. The fourth-order valence-corrected chi connectivity index (χ4v) is 4.28. The van der Waals surface area contributed by atoms with E-state index < -0.39 is 23.7 Å². The second kappa shape index (κ2) is 9.06. The topological polar surface area (TPSA) is 76.1 Å². The van der Waals surface area contributed by atoms with Gasteiger partial charge in [0.1, 0.15) is 11.5 Å². The molecule has 3 aromatic rings. The van der Waals surface area contributed by atoms with Gasteiger partial charge in [-0.2, -0.15) is 0 Å². The van der Waals surface area contributed by atoms with Crippen LogP contribution in [0.1, 0.15) is 27.9 Å². The first kappa shape index (κ1) is 23.1. The number of benzene rings is 3. The van der Waals surface area contributed by atoms with Gasteiger partial charge in [0.2, 0.25) is 0 Å². The van der Waals surface area contributed by atoms with Crippen LogP contribution in [0.3, 0.4) is 0 Å². The highest BCUT2D eigenvalue weighted by Gasteiger charge is 2.51. The number of carbonyl (C=O) groups excluding carboxylic acids is 2. The predicted octanol–water partition coefficient (Wildman–Crippen LogP) is 5.02. The van der Waals surface area contributed by atoms with Gasteiger partial charge in [-0.1, -0.05) is 35.3 Å². The van der Waals surface area contributed by atoms with Crippen LogP contribution in [0.2, 0.25) is 10.0 Å². The summed E-state index contributed by atoms with van der Waals surface area (Å²) in [7, 11) is 2.94. The van der Waals surface area contributed by atoms with E-state index in [-0.39, 0.29) is 23.4 Å². The SMILES string of the molecule is COc1ccc(C(=O)C[C@@]2(O)C(=O)N(Cc3ccc(Cl)cc3)c3ccc(Cl)cc32)c(OC)c1.